The van der Waals surface area contributed by atoms with Crippen LogP contribution < -0.4 is 15.8 Å². The number of benzene rings is 1. The van der Waals surface area contributed by atoms with Crippen LogP contribution in [0.2, 0.25) is 0 Å². The van der Waals surface area contributed by atoms with Crippen molar-refractivity contribution < 1.29 is 18.7 Å². The van der Waals surface area contributed by atoms with Crippen molar-refractivity contribution >= 4 is 5.91 Å². The maximum absolute atomic E-state index is 13.0. The lowest BCUT2D eigenvalue weighted by molar-refractivity contribution is -0.170. The first-order valence-electron chi connectivity index (χ1n) is 7.88. The monoisotopic (exact) mass is 324 g/mol. The van der Waals surface area contributed by atoms with Gasteiger partial charge in [-0.3, -0.25) is 4.79 Å². The molecule has 1 aromatic rings. The molecule has 1 fully saturated rings. The van der Waals surface area contributed by atoms with Crippen LogP contribution in [0.25, 0.3) is 0 Å². The van der Waals surface area contributed by atoms with Gasteiger partial charge in [-0.25, -0.2) is 4.39 Å². The molecule has 2 unspecified atom stereocenters. The van der Waals surface area contributed by atoms with Crippen LogP contribution in [0.15, 0.2) is 24.3 Å². The van der Waals surface area contributed by atoms with E-state index in [0.717, 1.165) is 0 Å². The Hall–Kier alpha value is -1.66. The number of hydrogen-bond acceptors (Lipinski definition) is 4. The van der Waals surface area contributed by atoms with Crippen molar-refractivity contribution in [3.05, 3.63) is 30.1 Å². The van der Waals surface area contributed by atoms with Crippen molar-refractivity contribution in [1.29, 1.82) is 0 Å². The molecule has 0 radical (unpaired) electrons. The zero-order valence-corrected chi connectivity index (χ0v) is 13.9. The van der Waals surface area contributed by atoms with Gasteiger partial charge in [-0.1, -0.05) is 19.9 Å². The third kappa shape index (κ3) is 3.48. The van der Waals surface area contributed by atoms with Crippen molar-refractivity contribution in [3.8, 4) is 5.75 Å². The van der Waals surface area contributed by atoms with E-state index in [0.29, 0.717) is 25.3 Å². The van der Waals surface area contributed by atoms with Gasteiger partial charge in [0.1, 0.15) is 23.7 Å². The molecule has 23 heavy (non-hydrogen) atoms. The van der Waals surface area contributed by atoms with Gasteiger partial charge in [0.05, 0.1) is 12.6 Å². The average molecular weight is 324 g/mol. The van der Waals surface area contributed by atoms with E-state index in [2.05, 4.69) is 5.32 Å². The van der Waals surface area contributed by atoms with Crippen LogP contribution >= 0.6 is 0 Å². The number of halogens is 1. The Morgan fingerprint density at radius 2 is 2.22 bits per heavy atom. The first-order chi connectivity index (χ1) is 10.8. The summed E-state index contributed by atoms with van der Waals surface area (Å²) in [6.45, 7) is 6.98. The maximum Gasteiger partial charge on any atom is 0.240 e. The third-order valence-corrected chi connectivity index (χ3v) is 4.69. The van der Waals surface area contributed by atoms with E-state index in [9.17, 15) is 9.18 Å². The van der Waals surface area contributed by atoms with Crippen molar-refractivity contribution in [2.24, 2.45) is 11.1 Å². The highest BCUT2D eigenvalue weighted by Crippen LogP contribution is 2.49. The molecule has 2 atom stereocenters. The Morgan fingerprint density at radius 1 is 1.48 bits per heavy atom. The summed E-state index contributed by atoms with van der Waals surface area (Å²) in [4.78, 5) is 12.4. The van der Waals surface area contributed by atoms with Gasteiger partial charge in [0.15, 0.2) is 0 Å². The van der Waals surface area contributed by atoms with Crippen LogP contribution in [-0.4, -0.2) is 37.3 Å². The van der Waals surface area contributed by atoms with Gasteiger partial charge in [0, 0.05) is 24.5 Å². The zero-order chi connectivity index (χ0) is 17.1. The molecule has 1 aliphatic rings. The molecule has 1 aromatic carbocycles. The summed E-state index contributed by atoms with van der Waals surface area (Å²) in [5.74, 6) is -0.131. The summed E-state index contributed by atoms with van der Waals surface area (Å²) in [6.07, 6.45) is 0.497. The Labute approximate surface area is 136 Å². The fraction of sp³-hybridized carbons (Fsp3) is 0.588. The summed E-state index contributed by atoms with van der Waals surface area (Å²) in [5.41, 5.74) is 4.92. The lowest BCUT2D eigenvalue weighted by atomic mass is 9.54. The van der Waals surface area contributed by atoms with Crippen LogP contribution in [0.1, 0.15) is 27.2 Å². The van der Waals surface area contributed by atoms with Crippen molar-refractivity contribution in [2.75, 3.05) is 19.8 Å². The van der Waals surface area contributed by atoms with E-state index in [-0.39, 0.29) is 24.4 Å². The average Bonchev–Trinajstić information content (AvgIpc) is 2.51. The minimum Gasteiger partial charge on any atom is -0.492 e. The molecule has 0 saturated heterocycles. The molecular weight excluding hydrogens is 299 g/mol. The molecule has 128 valence electrons. The molecule has 2 rings (SSSR count). The molecule has 5 nitrogen and oxygen atoms in total. The Morgan fingerprint density at radius 3 is 2.83 bits per heavy atom. The van der Waals surface area contributed by atoms with Gasteiger partial charge in [-0.15, -0.1) is 0 Å². The van der Waals surface area contributed by atoms with E-state index in [1.54, 1.807) is 12.1 Å². The molecule has 3 N–H and O–H groups in total. The number of carbonyl (C=O) groups is 1. The SMILES string of the molecule is CCOC1CC(N)(C(=O)NCCOc2cccc(F)c2)C1(C)C. The molecule has 0 spiro atoms. The fourth-order valence-electron chi connectivity index (χ4n) is 2.87. The summed E-state index contributed by atoms with van der Waals surface area (Å²) in [6, 6.07) is 5.88. The van der Waals surface area contributed by atoms with Gasteiger partial charge in [-0.2, -0.15) is 0 Å². The molecule has 1 saturated carbocycles. The van der Waals surface area contributed by atoms with Gasteiger partial charge in [0.25, 0.3) is 0 Å². The number of nitrogens with one attached hydrogen (secondary N) is 1. The summed E-state index contributed by atoms with van der Waals surface area (Å²) >= 11 is 0. The van der Waals surface area contributed by atoms with E-state index < -0.39 is 11.0 Å². The van der Waals surface area contributed by atoms with E-state index in [1.165, 1.54) is 12.1 Å². The fourth-order valence-corrected chi connectivity index (χ4v) is 2.87. The molecule has 0 aliphatic heterocycles. The van der Waals surface area contributed by atoms with Crippen LogP contribution in [0.5, 0.6) is 5.75 Å². The lowest BCUT2D eigenvalue weighted by Gasteiger charge is -2.57. The molecule has 0 bridgehead atoms. The third-order valence-electron chi connectivity index (χ3n) is 4.69. The first kappa shape index (κ1) is 17.7. The summed E-state index contributed by atoms with van der Waals surface area (Å²) in [5, 5.41) is 2.79. The topological polar surface area (TPSA) is 73.6 Å². The number of carbonyl (C=O) groups excluding carboxylic acids is 1. The number of nitrogens with two attached hydrogens (primary N) is 1. The maximum atomic E-state index is 13.0. The Kier molecular flexibility index (Phi) is 5.26. The highest BCUT2D eigenvalue weighted by Gasteiger charge is 2.62. The second-order valence-electron chi connectivity index (χ2n) is 6.40. The highest BCUT2D eigenvalue weighted by molar-refractivity contribution is 5.88. The standard InChI is InChI=1S/C17H25FN2O3/c1-4-22-14-11-17(19,16(14,2)3)15(21)20-8-9-23-13-7-5-6-12(18)10-13/h5-7,10,14H,4,8-9,11,19H2,1-3H3,(H,20,21). The quantitative estimate of drug-likeness (QED) is 0.751. The van der Waals surface area contributed by atoms with Gasteiger partial charge >= 0.3 is 0 Å². The first-order valence-corrected chi connectivity index (χ1v) is 7.88. The number of amides is 1. The molecule has 0 aromatic heterocycles. The predicted octanol–water partition coefficient (Wildman–Crippen LogP) is 1.85. The van der Waals surface area contributed by atoms with Gasteiger partial charge in [-0.05, 0) is 19.1 Å². The van der Waals surface area contributed by atoms with Gasteiger partial charge in [0.2, 0.25) is 5.91 Å². The largest absolute Gasteiger partial charge is 0.492 e. The van der Waals surface area contributed by atoms with Crippen LogP contribution in [0.4, 0.5) is 4.39 Å². The van der Waals surface area contributed by atoms with Crippen molar-refractivity contribution in [1.82, 2.24) is 5.32 Å². The number of ether oxygens (including phenoxy) is 2. The number of hydrogen-bond donors (Lipinski definition) is 2. The second kappa shape index (κ2) is 6.84. The van der Waals surface area contributed by atoms with Crippen LogP contribution in [-0.2, 0) is 9.53 Å². The number of rotatable bonds is 7. The molecular formula is C17H25FN2O3. The van der Waals surface area contributed by atoms with Crippen molar-refractivity contribution in [2.45, 2.75) is 38.8 Å². The second-order valence-corrected chi connectivity index (χ2v) is 6.40. The minimum atomic E-state index is -0.939. The van der Waals surface area contributed by atoms with E-state index >= 15 is 0 Å². The van der Waals surface area contributed by atoms with Gasteiger partial charge < -0.3 is 20.5 Å². The predicted molar refractivity (Wildman–Crippen MR) is 85.6 cm³/mol. The Balaban J connectivity index is 1.79. The highest BCUT2D eigenvalue weighted by atomic mass is 19.1. The molecule has 1 amide bonds. The Bertz CT molecular complexity index is 565. The lowest BCUT2D eigenvalue weighted by Crippen LogP contribution is -2.75. The molecule has 1 aliphatic carbocycles. The summed E-state index contributed by atoms with van der Waals surface area (Å²) in [7, 11) is 0. The summed E-state index contributed by atoms with van der Waals surface area (Å²) < 4.78 is 24.0. The van der Waals surface area contributed by atoms with Crippen molar-refractivity contribution in [3.63, 3.8) is 0 Å². The van der Waals surface area contributed by atoms with Crippen LogP contribution in [0.3, 0.4) is 0 Å². The smallest absolute Gasteiger partial charge is 0.240 e. The van der Waals surface area contributed by atoms with E-state index in [4.69, 9.17) is 15.2 Å². The molecule has 6 heteroatoms. The zero-order valence-electron chi connectivity index (χ0n) is 13.9. The van der Waals surface area contributed by atoms with Crippen LogP contribution in [0, 0.1) is 11.2 Å². The minimum absolute atomic E-state index is 0.00760. The molecule has 0 heterocycles. The normalized spacial score (nSPS) is 25.5. The van der Waals surface area contributed by atoms with E-state index in [1.807, 2.05) is 20.8 Å².